The number of hydrogen-bond donors (Lipinski definition) is 1. The number of amides is 1. The molecule has 0 bridgehead atoms. The number of benzene rings is 1. The molecule has 122 valence electrons. The lowest BCUT2D eigenvalue weighted by molar-refractivity contribution is -0.120. The lowest BCUT2D eigenvalue weighted by atomic mass is 9.74. The predicted molar refractivity (Wildman–Crippen MR) is 97.7 cm³/mol. The fourth-order valence-electron chi connectivity index (χ4n) is 4.14. The summed E-state index contributed by atoms with van der Waals surface area (Å²) in [5, 5.41) is 14.8. The molecule has 3 aromatic rings. The maximum Gasteiger partial charge on any atom is 0.238 e. The van der Waals surface area contributed by atoms with Crippen molar-refractivity contribution in [3.63, 3.8) is 0 Å². The van der Waals surface area contributed by atoms with Crippen LogP contribution in [0.3, 0.4) is 0 Å². The van der Waals surface area contributed by atoms with Gasteiger partial charge < -0.3 is 10.2 Å². The van der Waals surface area contributed by atoms with Gasteiger partial charge in [0.05, 0.1) is 27.9 Å². The maximum atomic E-state index is 12.9. The molecule has 25 heavy (non-hydrogen) atoms. The van der Waals surface area contributed by atoms with E-state index in [4.69, 9.17) is 0 Å². The zero-order valence-corrected chi connectivity index (χ0v) is 14.1. The van der Waals surface area contributed by atoms with Gasteiger partial charge in [0, 0.05) is 25.0 Å². The molecule has 2 atom stereocenters. The monoisotopic (exact) mass is 346 g/mol. The number of fused-ring (bicyclic) bond motifs is 3. The summed E-state index contributed by atoms with van der Waals surface area (Å²) in [6, 6.07) is 14.1. The fraction of sp³-hybridized carbons (Fsp3) is 0.211. The SMILES string of the molecule is N#C[C@H]1CN(c2ccnc3ccsc23)C[C@]12C(=O)Nc1ccccc12. The first-order valence-electron chi connectivity index (χ1n) is 8.12. The summed E-state index contributed by atoms with van der Waals surface area (Å²) in [6.45, 7) is 1.04. The highest BCUT2D eigenvalue weighted by molar-refractivity contribution is 7.17. The Balaban J connectivity index is 1.66. The van der Waals surface area contributed by atoms with E-state index in [-0.39, 0.29) is 11.8 Å². The molecule has 0 unspecified atom stereocenters. The Morgan fingerprint density at radius 3 is 3.08 bits per heavy atom. The average molecular weight is 346 g/mol. The average Bonchev–Trinajstić information content (AvgIpc) is 3.33. The molecule has 1 amide bonds. The molecule has 0 saturated carbocycles. The number of anilines is 2. The van der Waals surface area contributed by atoms with Crippen molar-refractivity contribution < 1.29 is 4.79 Å². The molecule has 1 N–H and O–H groups in total. The number of thiophene rings is 1. The van der Waals surface area contributed by atoms with Crippen LogP contribution < -0.4 is 10.2 Å². The minimum absolute atomic E-state index is 0.0702. The van der Waals surface area contributed by atoms with Crippen LogP contribution in [0.2, 0.25) is 0 Å². The highest BCUT2D eigenvalue weighted by Gasteiger charge is 2.58. The second kappa shape index (κ2) is 5.04. The van der Waals surface area contributed by atoms with Crippen molar-refractivity contribution in [2.24, 2.45) is 5.92 Å². The number of nitrogens with zero attached hydrogens (tertiary/aromatic N) is 3. The van der Waals surface area contributed by atoms with Crippen molar-refractivity contribution in [2.45, 2.75) is 5.41 Å². The summed E-state index contributed by atoms with van der Waals surface area (Å²) in [5.74, 6) is -0.460. The zero-order valence-electron chi connectivity index (χ0n) is 13.3. The summed E-state index contributed by atoms with van der Waals surface area (Å²) < 4.78 is 1.10. The van der Waals surface area contributed by atoms with Crippen molar-refractivity contribution in [2.75, 3.05) is 23.3 Å². The van der Waals surface area contributed by atoms with Gasteiger partial charge >= 0.3 is 0 Å². The van der Waals surface area contributed by atoms with Gasteiger partial charge in [-0.2, -0.15) is 5.26 Å². The first-order valence-corrected chi connectivity index (χ1v) is 9.00. The third kappa shape index (κ3) is 1.81. The molecule has 5 rings (SSSR count). The van der Waals surface area contributed by atoms with E-state index in [0.29, 0.717) is 13.1 Å². The highest BCUT2D eigenvalue weighted by Crippen LogP contribution is 2.49. The van der Waals surface area contributed by atoms with Crippen molar-refractivity contribution in [3.05, 3.63) is 53.5 Å². The van der Waals surface area contributed by atoms with Gasteiger partial charge in [-0.25, -0.2) is 0 Å². The molecule has 2 aliphatic rings. The Labute approximate surface area is 148 Å². The molecule has 1 fully saturated rings. The highest BCUT2D eigenvalue weighted by atomic mass is 32.1. The molecule has 0 radical (unpaired) electrons. The van der Waals surface area contributed by atoms with Crippen LogP contribution in [0.5, 0.6) is 0 Å². The molecule has 1 spiro atoms. The first kappa shape index (κ1) is 14.4. The molecule has 2 aliphatic heterocycles. The fourth-order valence-corrected chi connectivity index (χ4v) is 5.03. The predicted octanol–water partition coefficient (Wildman–Crippen LogP) is 3.15. The van der Waals surface area contributed by atoms with Gasteiger partial charge in [0.25, 0.3) is 0 Å². The number of nitriles is 1. The molecule has 6 heteroatoms. The standard InChI is InChI=1S/C19H14N4OS/c20-9-12-10-23(16-5-7-21-15-6-8-25-17(15)16)11-19(12)13-3-1-2-4-14(13)22-18(19)24/h1-8,12H,10-11H2,(H,22,24)/t12-,19-/m0/s1. The number of nitrogens with one attached hydrogen (secondary N) is 1. The van der Waals surface area contributed by atoms with E-state index < -0.39 is 5.41 Å². The third-order valence-corrected chi connectivity index (χ3v) is 6.24. The third-order valence-electron chi connectivity index (χ3n) is 5.32. The van der Waals surface area contributed by atoms with Gasteiger partial charge in [-0.05, 0) is 29.1 Å². The maximum absolute atomic E-state index is 12.9. The van der Waals surface area contributed by atoms with Crippen LogP contribution in [-0.2, 0) is 10.2 Å². The van der Waals surface area contributed by atoms with E-state index in [1.807, 2.05) is 41.8 Å². The number of rotatable bonds is 1. The summed E-state index contributed by atoms with van der Waals surface area (Å²) in [4.78, 5) is 19.5. The Hall–Kier alpha value is -2.91. The van der Waals surface area contributed by atoms with E-state index >= 15 is 0 Å². The van der Waals surface area contributed by atoms with E-state index in [1.54, 1.807) is 17.5 Å². The van der Waals surface area contributed by atoms with Crippen LogP contribution in [0.4, 0.5) is 11.4 Å². The van der Waals surface area contributed by atoms with Crippen molar-refractivity contribution in [1.29, 1.82) is 5.26 Å². The molecular weight excluding hydrogens is 332 g/mol. The summed E-state index contributed by atoms with van der Waals surface area (Å²) in [5.41, 5.74) is 2.96. The minimum atomic E-state index is -0.807. The smallest absolute Gasteiger partial charge is 0.238 e. The molecule has 5 nitrogen and oxygen atoms in total. The first-order chi connectivity index (χ1) is 12.2. The lowest BCUT2D eigenvalue weighted by Gasteiger charge is -2.25. The molecular formula is C19H14N4OS. The van der Waals surface area contributed by atoms with Crippen molar-refractivity contribution >= 4 is 38.8 Å². The molecule has 1 aromatic carbocycles. The van der Waals surface area contributed by atoms with Gasteiger partial charge in [0.1, 0.15) is 5.41 Å². The number of carbonyl (C=O) groups excluding carboxylic acids is 1. The second-order valence-electron chi connectivity index (χ2n) is 6.50. The van der Waals surface area contributed by atoms with Crippen LogP contribution >= 0.6 is 11.3 Å². The van der Waals surface area contributed by atoms with Crippen LogP contribution in [0.25, 0.3) is 10.2 Å². The second-order valence-corrected chi connectivity index (χ2v) is 7.41. The normalized spacial score (nSPS) is 24.5. The number of hydrogen-bond acceptors (Lipinski definition) is 5. The molecule has 1 saturated heterocycles. The van der Waals surface area contributed by atoms with Crippen LogP contribution in [0, 0.1) is 17.2 Å². The largest absolute Gasteiger partial charge is 0.367 e. The quantitative estimate of drug-likeness (QED) is 0.735. The van der Waals surface area contributed by atoms with E-state index in [1.165, 1.54) is 0 Å². The summed E-state index contributed by atoms with van der Waals surface area (Å²) in [7, 11) is 0. The van der Waals surface area contributed by atoms with E-state index in [9.17, 15) is 10.1 Å². The number of para-hydroxylation sites is 1. The van der Waals surface area contributed by atoms with Crippen LogP contribution in [-0.4, -0.2) is 24.0 Å². The van der Waals surface area contributed by atoms with Crippen molar-refractivity contribution in [1.82, 2.24) is 4.98 Å². The molecule has 0 aliphatic carbocycles. The zero-order chi connectivity index (χ0) is 17.0. The Morgan fingerprint density at radius 2 is 2.20 bits per heavy atom. The number of pyridine rings is 1. The van der Waals surface area contributed by atoms with Gasteiger partial charge in [-0.15, -0.1) is 11.3 Å². The Morgan fingerprint density at radius 1 is 1.32 bits per heavy atom. The number of carbonyl (C=O) groups is 1. The van der Waals surface area contributed by atoms with Crippen LogP contribution in [0.1, 0.15) is 5.56 Å². The lowest BCUT2D eigenvalue weighted by Crippen LogP contribution is -2.41. The Kier molecular flexibility index (Phi) is 2.91. The van der Waals surface area contributed by atoms with Crippen LogP contribution in [0.15, 0.2) is 48.0 Å². The van der Waals surface area contributed by atoms with Gasteiger partial charge in [-0.1, -0.05) is 18.2 Å². The summed E-state index contributed by atoms with van der Waals surface area (Å²) >= 11 is 1.64. The van der Waals surface area contributed by atoms with Gasteiger partial charge in [0.15, 0.2) is 0 Å². The molecule has 2 aromatic heterocycles. The topological polar surface area (TPSA) is 69.0 Å². The molecule has 4 heterocycles. The van der Waals surface area contributed by atoms with E-state index in [0.717, 1.165) is 27.2 Å². The minimum Gasteiger partial charge on any atom is -0.367 e. The number of aromatic nitrogens is 1. The van der Waals surface area contributed by atoms with E-state index in [2.05, 4.69) is 21.3 Å². The summed E-state index contributed by atoms with van der Waals surface area (Å²) in [6.07, 6.45) is 1.79. The van der Waals surface area contributed by atoms with Crippen molar-refractivity contribution in [3.8, 4) is 6.07 Å². The van der Waals surface area contributed by atoms with Gasteiger partial charge in [0.2, 0.25) is 5.91 Å². The van der Waals surface area contributed by atoms with Gasteiger partial charge in [-0.3, -0.25) is 9.78 Å². The Bertz CT molecular complexity index is 1050.